The van der Waals surface area contributed by atoms with Crippen LogP contribution in [0.5, 0.6) is 0 Å². The van der Waals surface area contributed by atoms with Crippen molar-refractivity contribution in [3.63, 3.8) is 0 Å². The van der Waals surface area contributed by atoms with Gasteiger partial charge in [-0.15, -0.1) is 0 Å². The molecule has 0 radical (unpaired) electrons. The average Bonchev–Trinajstić information content (AvgIpc) is 3.17. The van der Waals surface area contributed by atoms with Gasteiger partial charge < -0.3 is 31.2 Å². The van der Waals surface area contributed by atoms with E-state index >= 15 is 0 Å². The van der Waals surface area contributed by atoms with Crippen molar-refractivity contribution in [3.8, 4) is 0 Å². The minimum atomic E-state index is 0.567. The number of aromatic nitrogens is 3. The molecule has 166 valence electrons. The summed E-state index contributed by atoms with van der Waals surface area (Å²) < 4.78 is 0. The van der Waals surface area contributed by atoms with Crippen LogP contribution in [0.1, 0.15) is 18.7 Å². The van der Waals surface area contributed by atoms with Gasteiger partial charge in [0.05, 0.1) is 28.6 Å². The summed E-state index contributed by atoms with van der Waals surface area (Å²) >= 11 is 6.52. The highest BCUT2D eigenvalue weighted by molar-refractivity contribution is 6.34. The number of rotatable bonds is 8. The molecule has 0 bridgehead atoms. The number of likely N-dealkylation sites (N-methyl/N-ethyl adjacent to an activating group) is 1. The Morgan fingerprint density at radius 2 is 1.97 bits per heavy atom. The first-order valence-corrected chi connectivity index (χ1v) is 11.2. The lowest BCUT2D eigenvalue weighted by molar-refractivity contribution is 0.313. The normalized spacial score (nSPS) is 15.0. The summed E-state index contributed by atoms with van der Waals surface area (Å²) in [5.41, 5.74) is 16.4. The molecular weight excluding hydrogens is 412 g/mol. The lowest BCUT2D eigenvalue weighted by Gasteiger charge is -2.34. The topological polar surface area (TPSA) is 103 Å². The van der Waals surface area contributed by atoms with Crippen molar-refractivity contribution in [2.45, 2.75) is 19.4 Å². The van der Waals surface area contributed by atoms with Crippen LogP contribution in [0.4, 0.5) is 17.1 Å². The zero-order valence-electron chi connectivity index (χ0n) is 18.0. The van der Waals surface area contributed by atoms with Gasteiger partial charge in [-0.3, -0.25) is 0 Å². The first-order valence-electron chi connectivity index (χ1n) is 10.8. The Hall–Kier alpha value is -2.55. The monoisotopic (exact) mass is 442 g/mol. The molecule has 9 heteroatoms. The average molecular weight is 443 g/mol. The Morgan fingerprint density at radius 1 is 1.16 bits per heavy atom. The smallest absolute Gasteiger partial charge is 0.179 e. The number of aromatic amines is 1. The van der Waals surface area contributed by atoms with Crippen molar-refractivity contribution in [1.29, 1.82) is 0 Å². The van der Waals surface area contributed by atoms with E-state index < -0.39 is 0 Å². The molecule has 0 atom stereocenters. The second kappa shape index (κ2) is 9.72. The van der Waals surface area contributed by atoms with Gasteiger partial charge in [0.2, 0.25) is 0 Å². The molecule has 1 aromatic carbocycles. The van der Waals surface area contributed by atoms with Gasteiger partial charge in [0.25, 0.3) is 0 Å². The molecule has 1 aliphatic rings. The first kappa shape index (κ1) is 21.7. The number of halogens is 1. The number of hydrogen-bond acceptors (Lipinski definition) is 7. The van der Waals surface area contributed by atoms with Gasteiger partial charge in [-0.25, -0.2) is 9.97 Å². The summed E-state index contributed by atoms with van der Waals surface area (Å²) in [6, 6.07) is 7.69. The van der Waals surface area contributed by atoms with E-state index in [2.05, 4.69) is 37.8 Å². The number of piperazine rings is 1. The number of para-hydroxylation sites is 1. The van der Waals surface area contributed by atoms with E-state index in [4.69, 9.17) is 28.1 Å². The Labute approximate surface area is 188 Å². The Bertz CT molecular complexity index is 992. The number of unbranched alkanes of at least 4 members (excludes halogenated alkanes) is 1. The van der Waals surface area contributed by atoms with Crippen molar-refractivity contribution in [3.05, 3.63) is 41.3 Å². The van der Waals surface area contributed by atoms with E-state index in [0.29, 0.717) is 23.8 Å². The predicted octanol–water partition coefficient (Wildman–Crippen LogP) is 2.69. The summed E-state index contributed by atoms with van der Waals surface area (Å²) in [5.74, 6) is 0.844. The molecule has 1 fully saturated rings. The number of nitrogens with one attached hydrogen (secondary N) is 1. The Kier molecular flexibility index (Phi) is 6.80. The quantitative estimate of drug-likeness (QED) is 0.364. The van der Waals surface area contributed by atoms with Gasteiger partial charge in [-0.05, 0) is 44.6 Å². The molecule has 0 unspecified atom stereocenters. The number of H-pyrrole nitrogens is 1. The molecule has 3 aromatic rings. The molecular formula is C22H31ClN8. The van der Waals surface area contributed by atoms with E-state index in [9.17, 15) is 0 Å². The number of nitrogens with two attached hydrogens (primary N) is 2. The van der Waals surface area contributed by atoms with Crippen LogP contribution < -0.4 is 21.3 Å². The molecule has 8 nitrogen and oxygen atoms in total. The molecule has 5 N–H and O–H groups in total. The number of fused-ring (bicyclic) bond motifs is 1. The molecule has 0 amide bonds. The van der Waals surface area contributed by atoms with Gasteiger partial charge in [0, 0.05) is 38.9 Å². The van der Waals surface area contributed by atoms with Crippen molar-refractivity contribution < 1.29 is 0 Å². The van der Waals surface area contributed by atoms with E-state index in [1.54, 1.807) is 0 Å². The van der Waals surface area contributed by atoms with Crippen molar-refractivity contribution in [2.24, 2.45) is 5.73 Å². The third kappa shape index (κ3) is 4.87. The number of hydrogen-bond donors (Lipinski definition) is 3. The molecule has 4 rings (SSSR count). The standard InChI is InChI=1S/C22H31ClN8/c1-29-11-13-30(14-12-29)18-7-9-26-22-20(18)27-19(28-22)15-31(10-3-2-8-24)21-16(23)5-4-6-17(21)25/h4-7,9H,2-3,8,10-15,24-25H2,1H3,(H,26,27,28). The number of imidazole rings is 1. The maximum absolute atomic E-state index is 6.52. The number of nitrogen functional groups attached to an aromatic ring is 1. The summed E-state index contributed by atoms with van der Waals surface area (Å²) in [7, 11) is 2.16. The molecule has 0 aliphatic carbocycles. The fourth-order valence-corrected chi connectivity index (χ4v) is 4.40. The molecule has 31 heavy (non-hydrogen) atoms. The van der Waals surface area contributed by atoms with Gasteiger partial charge in [0.15, 0.2) is 5.65 Å². The maximum atomic E-state index is 6.52. The van der Waals surface area contributed by atoms with Crippen LogP contribution in [-0.4, -0.2) is 66.2 Å². The predicted molar refractivity (Wildman–Crippen MR) is 129 cm³/mol. The summed E-state index contributed by atoms with van der Waals surface area (Å²) in [6.07, 6.45) is 3.73. The summed E-state index contributed by atoms with van der Waals surface area (Å²) in [4.78, 5) is 19.7. The SMILES string of the molecule is CN1CCN(c2ccnc3nc(CN(CCCCN)c4c(N)cccc4Cl)[nH]c23)CC1. The van der Waals surface area contributed by atoms with Crippen LogP contribution in [0.25, 0.3) is 11.2 Å². The lowest BCUT2D eigenvalue weighted by atomic mass is 10.2. The van der Waals surface area contributed by atoms with Crippen LogP contribution in [0.15, 0.2) is 30.5 Å². The van der Waals surface area contributed by atoms with Crippen LogP contribution >= 0.6 is 11.6 Å². The summed E-state index contributed by atoms with van der Waals surface area (Å²) in [5, 5.41) is 0.639. The van der Waals surface area contributed by atoms with Crippen molar-refractivity contribution >= 4 is 39.8 Å². The largest absolute Gasteiger partial charge is 0.397 e. The second-order valence-electron chi connectivity index (χ2n) is 8.10. The second-order valence-corrected chi connectivity index (χ2v) is 8.50. The van der Waals surface area contributed by atoms with E-state index in [1.165, 1.54) is 0 Å². The fourth-order valence-electron chi connectivity index (χ4n) is 4.09. The van der Waals surface area contributed by atoms with Gasteiger partial charge in [-0.1, -0.05) is 17.7 Å². The maximum Gasteiger partial charge on any atom is 0.179 e. The highest BCUT2D eigenvalue weighted by Gasteiger charge is 2.20. The van der Waals surface area contributed by atoms with E-state index in [0.717, 1.165) is 73.9 Å². The lowest BCUT2D eigenvalue weighted by Crippen LogP contribution is -2.44. The van der Waals surface area contributed by atoms with Crippen LogP contribution in [-0.2, 0) is 6.54 Å². The summed E-state index contributed by atoms with van der Waals surface area (Å²) in [6.45, 7) is 6.10. The molecule has 1 saturated heterocycles. The Balaban J connectivity index is 1.62. The molecule has 1 aliphatic heterocycles. The third-order valence-electron chi connectivity index (χ3n) is 5.82. The Morgan fingerprint density at radius 3 is 2.71 bits per heavy atom. The molecule has 0 saturated carbocycles. The van der Waals surface area contributed by atoms with Crippen molar-refractivity contribution in [2.75, 3.05) is 61.8 Å². The van der Waals surface area contributed by atoms with Gasteiger partial charge in [0.1, 0.15) is 11.3 Å². The molecule has 0 spiro atoms. The number of pyridine rings is 1. The zero-order chi connectivity index (χ0) is 21.8. The van der Waals surface area contributed by atoms with E-state index in [1.807, 2.05) is 24.4 Å². The fraction of sp³-hybridized carbons (Fsp3) is 0.455. The number of benzene rings is 1. The minimum absolute atomic E-state index is 0.567. The number of anilines is 3. The minimum Gasteiger partial charge on any atom is -0.397 e. The van der Waals surface area contributed by atoms with Gasteiger partial charge in [-0.2, -0.15) is 0 Å². The first-order chi connectivity index (χ1) is 15.1. The van der Waals surface area contributed by atoms with E-state index in [-0.39, 0.29) is 0 Å². The van der Waals surface area contributed by atoms with Crippen molar-refractivity contribution in [1.82, 2.24) is 19.9 Å². The molecule has 2 aromatic heterocycles. The van der Waals surface area contributed by atoms with Crippen LogP contribution in [0.2, 0.25) is 5.02 Å². The zero-order valence-corrected chi connectivity index (χ0v) is 18.8. The van der Waals surface area contributed by atoms with Crippen LogP contribution in [0.3, 0.4) is 0 Å². The highest BCUT2D eigenvalue weighted by atomic mass is 35.5. The third-order valence-corrected chi connectivity index (χ3v) is 6.13. The molecule has 3 heterocycles. The van der Waals surface area contributed by atoms with Crippen LogP contribution in [0, 0.1) is 0 Å². The number of nitrogens with zero attached hydrogens (tertiary/aromatic N) is 5. The highest BCUT2D eigenvalue weighted by Crippen LogP contribution is 2.33. The van der Waals surface area contributed by atoms with Gasteiger partial charge >= 0.3 is 0 Å².